The lowest BCUT2D eigenvalue weighted by molar-refractivity contribution is -0.170. The number of aryl methyl sites for hydroxylation is 1. The first-order chi connectivity index (χ1) is 11.9. The highest BCUT2D eigenvalue weighted by Crippen LogP contribution is 2.39. The second-order valence-corrected chi connectivity index (χ2v) is 7.91. The number of fused-ring (bicyclic) bond motifs is 1. The summed E-state index contributed by atoms with van der Waals surface area (Å²) in [5, 5.41) is 11.4. The molecular formula is C20H26N2O3. The van der Waals surface area contributed by atoms with Crippen LogP contribution in [0, 0.1) is 0 Å². The molecule has 0 saturated carbocycles. The number of amides is 1. The standard InChI is InChI=1S/C20H26N2O3/c1-19(24)9-13-25-20(14-19)7-11-22(12-8-20)18(23)16-4-3-5-17-15(16)6-10-21(17)2/h3-6,10,24H,7-9,11-14H2,1-2H3. The van der Waals surface area contributed by atoms with Gasteiger partial charge in [0.15, 0.2) is 0 Å². The molecule has 134 valence electrons. The maximum atomic E-state index is 13.0. The average molecular weight is 342 g/mol. The Hall–Kier alpha value is -1.85. The smallest absolute Gasteiger partial charge is 0.254 e. The van der Waals surface area contributed by atoms with Gasteiger partial charge in [-0.15, -0.1) is 0 Å². The molecule has 3 heterocycles. The van der Waals surface area contributed by atoms with Crippen LogP contribution in [0.2, 0.25) is 0 Å². The van der Waals surface area contributed by atoms with E-state index in [0.717, 1.165) is 29.3 Å². The Labute approximate surface area is 148 Å². The van der Waals surface area contributed by atoms with Crippen LogP contribution in [-0.2, 0) is 11.8 Å². The molecule has 0 radical (unpaired) electrons. The Morgan fingerprint density at radius 2 is 1.96 bits per heavy atom. The molecule has 2 aliphatic rings. The summed E-state index contributed by atoms with van der Waals surface area (Å²) in [6, 6.07) is 7.91. The first-order valence-electron chi connectivity index (χ1n) is 9.09. The average Bonchev–Trinajstić information content (AvgIpc) is 2.95. The zero-order valence-corrected chi connectivity index (χ0v) is 15.0. The normalized spacial score (nSPS) is 26.3. The van der Waals surface area contributed by atoms with E-state index < -0.39 is 5.60 Å². The van der Waals surface area contributed by atoms with Gasteiger partial charge in [0.05, 0.1) is 17.8 Å². The lowest BCUT2D eigenvalue weighted by atomic mass is 9.78. The maximum Gasteiger partial charge on any atom is 0.254 e. The van der Waals surface area contributed by atoms with Crippen molar-refractivity contribution in [3.8, 4) is 0 Å². The van der Waals surface area contributed by atoms with Crippen LogP contribution in [0.1, 0.15) is 43.0 Å². The summed E-state index contributed by atoms with van der Waals surface area (Å²) in [6.07, 6.45) is 4.92. The van der Waals surface area contributed by atoms with E-state index in [9.17, 15) is 9.90 Å². The van der Waals surface area contributed by atoms with E-state index >= 15 is 0 Å². The Morgan fingerprint density at radius 3 is 2.68 bits per heavy atom. The number of carbonyl (C=O) groups is 1. The van der Waals surface area contributed by atoms with Gasteiger partial charge in [-0.2, -0.15) is 0 Å². The number of carbonyl (C=O) groups excluding carboxylic acids is 1. The van der Waals surface area contributed by atoms with Crippen molar-refractivity contribution in [2.75, 3.05) is 19.7 Å². The largest absolute Gasteiger partial charge is 0.390 e. The van der Waals surface area contributed by atoms with E-state index in [0.29, 0.717) is 32.5 Å². The highest BCUT2D eigenvalue weighted by Gasteiger charge is 2.45. The van der Waals surface area contributed by atoms with Gasteiger partial charge in [-0.05, 0) is 44.4 Å². The number of hydrogen-bond acceptors (Lipinski definition) is 3. The Balaban J connectivity index is 1.51. The van der Waals surface area contributed by atoms with Crippen molar-refractivity contribution < 1.29 is 14.6 Å². The summed E-state index contributed by atoms with van der Waals surface area (Å²) >= 11 is 0. The molecule has 1 atom stereocenters. The molecule has 0 bridgehead atoms. The molecule has 2 saturated heterocycles. The minimum absolute atomic E-state index is 0.0919. The third kappa shape index (κ3) is 2.96. The number of hydrogen-bond donors (Lipinski definition) is 1. The second kappa shape index (κ2) is 5.85. The van der Waals surface area contributed by atoms with E-state index in [1.807, 2.05) is 53.9 Å². The van der Waals surface area contributed by atoms with Gasteiger partial charge < -0.3 is 19.3 Å². The number of nitrogens with zero attached hydrogens (tertiary/aromatic N) is 2. The summed E-state index contributed by atoms with van der Waals surface area (Å²) in [5.74, 6) is 0.0919. The van der Waals surface area contributed by atoms with Gasteiger partial charge in [0.2, 0.25) is 0 Å². The van der Waals surface area contributed by atoms with Crippen LogP contribution in [0.25, 0.3) is 10.9 Å². The highest BCUT2D eigenvalue weighted by atomic mass is 16.5. The van der Waals surface area contributed by atoms with Gasteiger partial charge in [-0.25, -0.2) is 0 Å². The van der Waals surface area contributed by atoms with Crippen molar-refractivity contribution in [2.45, 2.75) is 43.8 Å². The lowest BCUT2D eigenvalue weighted by Gasteiger charge is -2.48. The van der Waals surface area contributed by atoms with Crippen LogP contribution >= 0.6 is 0 Å². The van der Waals surface area contributed by atoms with Gasteiger partial charge >= 0.3 is 0 Å². The first kappa shape index (κ1) is 16.6. The molecule has 1 aromatic heterocycles. The zero-order chi connectivity index (χ0) is 17.7. The van der Waals surface area contributed by atoms with Crippen molar-refractivity contribution >= 4 is 16.8 Å². The minimum Gasteiger partial charge on any atom is -0.390 e. The quantitative estimate of drug-likeness (QED) is 0.867. The van der Waals surface area contributed by atoms with Gasteiger partial charge in [-0.3, -0.25) is 4.79 Å². The monoisotopic (exact) mass is 342 g/mol. The fourth-order valence-corrected chi connectivity index (χ4v) is 4.42. The Morgan fingerprint density at radius 1 is 1.20 bits per heavy atom. The van der Waals surface area contributed by atoms with Crippen molar-refractivity contribution in [1.29, 1.82) is 0 Å². The van der Waals surface area contributed by atoms with Crippen LogP contribution in [0.4, 0.5) is 0 Å². The lowest BCUT2D eigenvalue weighted by Crippen LogP contribution is -2.54. The number of likely N-dealkylation sites (tertiary alicyclic amines) is 1. The fraction of sp³-hybridized carbons (Fsp3) is 0.550. The molecule has 2 fully saturated rings. The van der Waals surface area contributed by atoms with Crippen molar-refractivity contribution in [2.24, 2.45) is 7.05 Å². The van der Waals surface area contributed by atoms with Crippen molar-refractivity contribution in [1.82, 2.24) is 9.47 Å². The predicted octanol–water partition coefficient (Wildman–Crippen LogP) is 2.71. The SMILES string of the molecule is Cn1ccc2c(C(=O)N3CCC4(CC3)CC(C)(O)CCO4)cccc21. The Kier molecular flexibility index (Phi) is 3.89. The van der Waals surface area contributed by atoms with Crippen LogP contribution in [-0.4, -0.2) is 51.4 Å². The van der Waals surface area contributed by atoms with Crippen molar-refractivity contribution in [3.05, 3.63) is 36.0 Å². The number of aromatic nitrogens is 1. The summed E-state index contributed by atoms with van der Waals surface area (Å²) in [6.45, 7) is 3.85. The van der Waals surface area contributed by atoms with Gasteiger partial charge in [0.1, 0.15) is 0 Å². The molecule has 1 unspecified atom stereocenters. The summed E-state index contributed by atoms with van der Waals surface area (Å²) < 4.78 is 8.09. The molecule has 1 N–H and O–H groups in total. The minimum atomic E-state index is -0.653. The number of piperidine rings is 1. The number of ether oxygens (including phenoxy) is 1. The predicted molar refractivity (Wildman–Crippen MR) is 96.6 cm³/mol. The molecule has 1 aromatic carbocycles. The van der Waals surface area contributed by atoms with E-state index in [4.69, 9.17) is 4.74 Å². The summed E-state index contributed by atoms with van der Waals surface area (Å²) in [7, 11) is 1.99. The van der Waals surface area contributed by atoms with Crippen LogP contribution < -0.4 is 0 Å². The van der Waals surface area contributed by atoms with E-state index in [2.05, 4.69) is 0 Å². The van der Waals surface area contributed by atoms with Gasteiger partial charge in [0, 0.05) is 49.2 Å². The molecule has 0 aliphatic carbocycles. The molecule has 4 rings (SSSR count). The zero-order valence-electron chi connectivity index (χ0n) is 15.0. The van der Waals surface area contributed by atoms with Crippen molar-refractivity contribution in [3.63, 3.8) is 0 Å². The van der Waals surface area contributed by atoms with E-state index in [1.165, 1.54) is 0 Å². The van der Waals surface area contributed by atoms with E-state index in [1.54, 1.807) is 0 Å². The number of aliphatic hydroxyl groups is 1. The van der Waals surface area contributed by atoms with Crippen LogP contribution in [0.5, 0.6) is 0 Å². The Bertz CT molecular complexity index is 800. The molecule has 5 heteroatoms. The molecule has 2 aromatic rings. The van der Waals surface area contributed by atoms with Gasteiger partial charge in [0.25, 0.3) is 5.91 Å². The molecule has 1 amide bonds. The fourth-order valence-electron chi connectivity index (χ4n) is 4.42. The molecule has 25 heavy (non-hydrogen) atoms. The third-order valence-corrected chi connectivity index (χ3v) is 5.87. The topological polar surface area (TPSA) is 54.7 Å². The third-order valence-electron chi connectivity index (χ3n) is 5.87. The first-order valence-corrected chi connectivity index (χ1v) is 9.09. The van der Waals surface area contributed by atoms with Crippen LogP contribution in [0.15, 0.2) is 30.5 Å². The number of rotatable bonds is 1. The molecule has 5 nitrogen and oxygen atoms in total. The maximum absolute atomic E-state index is 13.0. The number of benzene rings is 1. The molecule has 1 spiro atoms. The summed E-state index contributed by atoms with van der Waals surface area (Å²) in [4.78, 5) is 15.0. The van der Waals surface area contributed by atoms with Gasteiger partial charge in [-0.1, -0.05) is 6.07 Å². The van der Waals surface area contributed by atoms with E-state index in [-0.39, 0.29) is 11.5 Å². The second-order valence-electron chi connectivity index (χ2n) is 7.91. The molecule has 2 aliphatic heterocycles. The highest BCUT2D eigenvalue weighted by molar-refractivity contribution is 6.06. The summed E-state index contributed by atoms with van der Waals surface area (Å²) in [5.41, 5.74) is 0.925. The van der Waals surface area contributed by atoms with Crippen LogP contribution in [0.3, 0.4) is 0 Å². The molecular weight excluding hydrogens is 316 g/mol.